The van der Waals surface area contributed by atoms with Crippen molar-refractivity contribution in [3.63, 3.8) is 0 Å². The number of ether oxygens (including phenoxy) is 1. The average Bonchev–Trinajstić information content (AvgIpc) is 2.39. The third kappa shape index (κ3) is 4.04. The molecule has 0 bridgehead atoms. The molecular formula is C15H24NO+. The van der Waals surface area contributed by atoms with Crippen LogP contribution in [0.5, 0.6) is 5.75 Å². The molecule has 0 atom stereocenters. The third-order valence-electron chi connectivity index (χ3n) is 3.55. The van der Waals surface area contributed by atoms with E-state index in [1.807, 2.05) is 13.0 Å². The van der Waals surface area contributed by atoms with Crippen molar-refractivity contribution in [2.75, 3.05) is 6.61 Å². The van der Waals surface area contributed by atoms with Gasteiger partial charge in [-0.15, -0.1) is 0 Å². The second-order valence-electron chi connectivity index (χ2n) is 4.92. The lowest BCUT2D eigenvalue weighted by Gasteiger charge is -2.19. The molecule has 0 spiro atoms. The number of hydrogen-bond donors (Lipinski definition) is 1. The Hall–Kier alpha value is -1.02. The highest BCUT2D eigenvalue weighted by Gasteiger charge is 2.15. The van der Waals surface area contributed by atoms with Gasteiger partial charge in [-0.05, 0) is 44.7 Å². The van der Waals surface area contributed by atoms with Crippen molar-refractivity contribution in [1.82, 2.24) is 0 Å². The lowest BCUT2D eigenvalue weighted by molar-refractivity contribution is -0.706. The smallest absolute Gasteiger partial charge is 0.119 e. The first-order valence-electron chi connectivity index (χ1n) is 6.93. The van der Waals surface area contributed by atoms with Crippen LogP contribution in [0, 0.1) is 0 Å². The Bertz CT molecular complexity index is 331. The fourth-order valence-corrected chi connectivity index (χ4v) is 2.60. The molecule has 17 heavy (non-hydrogen) atoms. The van der Waals surface area contributed by atoms with Crippen LogP contribution in [0.2, 0.25) is 0 Å². The number of benzene rings is 1. The van der Waals surface area contributed by atoms with E-state index in [9.17, 15) is 0 Å². The van der Waals surface area contributed by atoms with E-state index in [-0.39, 0.29) is 0 Å². The molecule has 1 saturated carbocycles. The summed E-state index contributed by atoms with van der Waals surface area (Å²) in [6, 6.07) is 9.34. The zero-order valence-corrected chi connectivity index (χ0v) is 10.8. The Morgan fingerprint density at radius 3 is 2.82 bits per heavy atom. The average molecular weight is 234 g/mol. The summed E-state index contributed by atoms with van der Waals surface area (Å²) in [6.07, 6.45) is 7.06. The summed E-state index contributed by atoms with van der Waals surface area (Å²) in [5, 5.41) is 2.50. The molecule has 1 fully saturated rings. The first-order valence-corrected chi connectivity index (χ1v) is 6.93. The summed E-state index contributed by atoms with van der Waals surface area (Å²) in [5.74, 6) is 1.00. The van der Waals surface area contributed by atoms with E-state index < -0.39 is 0 Å². The van der Waals surface area contributed by atoms with Crippen molar-refractivity contribution >= 4 is 0 Å². The van der Waals surface area contributed by atoms with Crippen LogP contribution in [0.15, 0.2) is 24.3 Å². The predicted molar refractivity (Wildman–Crippen MR) is 70.1 cm³/mol. The molecule has 0 unspecified atom stereocenters. The van der Waals surface area contributed by atoms with E-state index >= 15 is 0 Å². The maximum absolute atomic E-state index is 5.52. The van der Waals surface area contributed by atoms with Gasteiger partial charge in [0.15, 0.2) is 0 Å². The van der Waals surface area contributed by atoms with E-state index in [1.54, 1.807) is 0 Å². The Morgan fingerprint density at radius 1 is 1.24 bits per heavy atom. The second kappa shape index (κ2) is 6.65. The summed E-state index contributed by atoms with van der Waals surface area (Å²) in [6.45, 7) is 3.86. The van der Waals surface area contributed by atoms with Gasteiger partial charge in [-0.2, -0.15) is 0 Å². The fourth-order valence-electron chi connectivity index (χ4n) is 2.60. The van der Waals surface area contributed by atoms with Crippen LogP contribution < -0.4 is 10.1 Å². The summed E-state index contributed by atoms with van der Waals surface area (Å²) in [4.78, 5) is 0. The van der Waals surface area contributed by atoms with Crippen LogP contribution >= 0.6 is 0 Å². The lowest BCUT2D eigenvalue weighted by Crippen LogP contribution is -2.88. The number of nitrogens with two attached hydrogens (primary N) is 1. The Morgan fingerprint density at radius 2 is 2.06 bits per heavy atom. The standard InChI is InChI=1S/C15H23NO/c1-2-17-15-10-6-7-13(11-15)12-16-14-8-4-3-5-9-14/h6-7,10-11,14,16H,2-5,8-9,12H2,1H3/p+1. The SMILES string of the molecule is CCOc1cccc(C[NH2+]C2CCCCC2)c1. The third-order valence-corrected chi connectivity index (χ3v) is 3.55. The zero-order valence-electron chi connectivity index (χ0n) is 10.8. The second-order valence-corrected chi connectivity index (χ2v) is 4.92. The molecule has 2 heteroatoms. The van der Waals surface area contributed by atoms with Gasteiger partial charge in [0.05, 0.1) is 12.6 Å². The minimum Gasteiger partial charge on any atom is -0.494 e. The number of rotatable bonds is 5. The topological polar surface area (TPSA) is 25.8 Å². The normalized spacial score (nSPS) is 17.0. The van der Waals surface area contributed by atoms with Crippen LogP contribution in [0.3, 0.4) is 0 Å². The van der Waals surface area contributed by atoms with Gasteiger partial charge in [0.1, 0.15) is 12.3 Å². The highest BCUT2D eigenvalue weighted by Crippen LogP contribution is 2.15. The van der Waals surface area contributed by atoms with Gasteiger partial charge >= 0.3 is 0 Å². The van der Waals surface area contributed by atoms with Crippen LogP contribution in [0.25, 0.3) is 0 Å². The van der Waals surface area contributed by atoms with Gasteiger partial charge in [-0.1, -0.05) is 18.6 Å². The van der Waals surface area contributed by atoms with Crippen molar-refractivity contribution in [2.45, 2.75) is 51.6 Å². The van der Waals surface area contributed by atoms with Gasteiger partial charge in [-0.3, -0.25) is 0 Å². The molecule has 2 N–H and O–H groups in total. The molecule has 0 amide bonds. The maximum atomic E-state index is 5.52. The summed E-state index contributed by atoms with van der Waals surface area (Å²) < 4.78 is 5.52. The number of hydrogen-bond acceptors (Lipinski definition) is 1. The molecule has 0 saturated heterocycles. The molecule has 0 radical (unpaired) electrons. The first-order chi connectivity index (χ1) is 8.38. The Kier molecular flexibility index (Phi) is 4.87. The van der Waals surface area contributed by atoms with E-state index in [0.717, 1.165) is 24.9 Å². The van der Waals surface area contributed by atoms with Crippen LogP contribution in [-0.2, 0) is 6.54 Å². The van der Waals surface area contributed by atoms with Crippen LogP contribution in [-0.4, -0.2) is 12.6 Å². The minimum atomic E-state index is 0.746. The van der Waals surface area contributed by atoms with E-state index in [2.05, 4.69) is 23.5 Å². The van der Waals surface area contributed by atoms with Crippen molar-refractivity contribution in [3.05, 3.63) is 29.8 Å². The van der Waals surface area contributed by atoms with Crippen LogP contribution in [0.4, 0.5) is 0 Å². The largest absolute Gasteiger partial charge is 0.494 e. The molecule has 1 aromatic carbocycles. The molecule has 94 valence electrons. The quantitative estimate of drug-likeness (QED) is 0.832. The van der Waals surface area contributed by atoms with Crippen molar-refractivity contribution < 1.29 is 10.1 Å². The van der Waals surface area contributed by atoms with Gasteiger partial charge in [0.2, 0.25) is 0 Å². The van der Waals surface area contributed by atoms with Crippen molar-refractivity contribution in [3.8, 4) is 5.75 Å². The van der Waals surface area contributed by atoms with Gasteiger partial charge in [0, 0.05) is 5.56 Å². The molecule has 0 aromatic heterocycles. The monoisotopic (exact) mass is 234 g/mol. The Labute approximate surface area is 104 Å². The van der Waals surface area contributed by atoms with E-state index in [1.165, 1.54) is 37.7 Å². The van der Waals surface area contributed by atoms with Gasteiger partial charge in [0.25, 0.3) is 0 Å². The molecule has 2 rings (SSSR count). The van der Waals surface area contributed by atoms with E-state index in [0.29, 0.717) is 0 Å². The van der Waals surface area contributed by atoms with Gasteiger partial charge < -0.3 is 10.1 Å². The molecule has 0 heterocycles. The lowest BCUT2D eigenvalue weighted by atomic mass is 9.95. The van der Waals surface area contributed by atoms with Crippen molar-refractivity contribution in [2.24, 2.45) is 0 Å². The minimum absolute atomic E-state index is 0.746. The molecule has 0 aliphatic heterocycles. The molecular weight excluding hydrogens is 210 g/mol. The molecule has 1 aromatic rings. The zero-order chi connectivity index (χ0) is 11.9. The molecule has 2 nitrogen and oxygen atoms in total. The maximum Gasteiger partial charge on any atom is 0.119 e. The van der Waals surface area contributed by atoms with Crippen LogP contribution in [0.1, 0.15) is 44.6 Å². The first kappa shape index (κ1) is 12.4. The highest BCUT2D eigenvalue weighted by molar-refractivity contribution is 5.27. The van der Waals surface area contributed by atoms with E-state index in [4.69, 9.17) is 4.74 Å². The summed E-state index contributed by atoms with van der Waals surface area (Å²) in [7, 11) is 0. The van der Waals surface area contributed by atoms with Gasteiger partial charge in [-0.25, -0.2) is 0 Å². The summed E-state index contributed by atoms with van der Waals surface area (Å²) in [5.41, 5.74) is 1.38. The van der Waals surface area contributed by atoms with Crippen molar-refractivity contribution in [1.29, 1.82) is 0 Å². The molecule has 1 aliphatic carbocycles. The Balaban J connectivity index is 1.83. The predicted octanol–water partition coefficient (Wildman–Crippen LogP) is 2.48. The number of quaternary nitrogens is 1. The highest BCUT2D eigenvalue weighted by atomic mass is 16.5. The summed E-state index contributed by atoms with van der Waals surface area (Å²) >= 11 is 0. The molecule has 1 aliphatic rings. The fraction of sp³-hybridized carbons (Fsp3) is 0.600.